The number of carbonyl (C=O) groups excluding carboxylic acids is 1. The van der Waals surface area contributed by atoms with Crippen LogP contribution in [0.1, 0.15) is 33.3 Å². The number of amides is 1. The van der Waals surface area contributed by atoms with Gasteiger partial charge in [0.15, 0.2) is 28.8 Å². The SMILES string of the molecule is COc1ccc([C@@H]2c3cc(OC)c(OC)cc3CCN2C(=O)c2ccco2)cc1OC. The Bertz CT molecular complexity index is 1080. The molecule has 0 N–H and O–H groups in total. The quantitative estimate of drug-likeness (QED) is 0.595. The largest absolute Gasteiger partial charge is 0.493 e. The molecule has 1 aliphatic heterocycles. The van der Waals surface area contributed by atoms with E-state index in [1.807, 2.05) is 35.2 Å². The van der Waals surface area contributed by atoms with E-state index in [2.05, 4.69) is 0 Å². The molecule has 3 aromatic rings. The van der Waals surface area contributed by atoms with Crippen LogP contribution in [0.4, 0.5) is 0 Å². The minimum atomic E-state index is -0.360. The summed E-state index contributed by atoms with van der Waals surface area (Å²) in [6.07, 6.45) is 2.19. The number of benzene rings is 2. The molecule has 2 heterocycles. The first-order chi connectivity index (χ1) is 15.1. The molecule has 162 valence electrons. The number of hydrogen-bond donors (Lipinski definition) is 0. The molecule has 31 heavy (non-hydrogen) atoms. The Kier molecular flexibility index (Phi) is 5.75. The molecular weight excluding hydrogens is 398 g/mol. The second kappa shape index (κ2) is 8.63. The van der Waals surface area contributed by atoms with Gasteiger partial charge in [-0.15, -0.1) is 0 Å². The Balaban J connectivity index is 1.88. The summed E-state index contributed by atoms with van der Waals surface area (Å²) in [6, 6.07) is 12.6. The Hall–Kier alpha value is -3.61. The molecule has 1 atom stereocenters. The van der Waals surface area contributed by atoms with Gasteiger partial charge in [0.25, 0.3) is 5.91 Å². The summed E-state index contributed by atoms with van der Waals surface area (Å²) in [4.78, 5) is 15.1. The van der Waals surface area contributed by atoms with Crippen molar-refractivity contribution in [3.05, 3.63) is 71.2 Å². The highest BCUT2D eigenvalue weighted by molar-refractivity contribution is 5.92. The first-order valence-corrected chi connectivity index (χ1v) is 9.92. The summed E-state index contributed by atoms with van der Waals surface area (Å²) in [5.41, 5.74) is 2.96. The van der Waals surface area contributed by atoms with E-state index >= 15 is 0 Å². The van der Waals surface area contributed by atoms with E-state index in [1.165, 1.54) is 6.26 Å². The summed E-state index contributed by atoms with van der Waals surface area (Å²) in [5.74, 6) is 2.62. The van der Waals surface area contributed by atoms with E-state index in [0.717, 1.165) is 16.7 Å². The summed E-state index contributed by atoms with van der Waals surface area (Å²) in [7, 11) is 6.41. The van der Waals surface area contributed by atoms with Crippen LogP contribution >= 0.6 is 0 Å². The van der Waals surface area contributed by atoms with Crippen LogP contribution in [-0.4, -0.2) is 45.8 Å². The van der Waals surface area contributed by atoms with Crippen LogP contribution in [0.2, 0.25) is 0 Å². The van der Waals surface area contributed by atoms with Crippen molar-refractivity contribution in [2.75, 3.05) is 35.0 Å². The molecule has 2 aromatic carbocycles. The molecule has 1 aliphatic rings. The summed E-state index contributed by atoms with van der Waals surface area (Å²) in [6.45, 7) is 0.529. The third-order valence-electron chi connectivity index (χ3n) is 5.59. The van der Waals surface area contributed by atoms with Gasteiger partial charge in [-0.1, -0.05) is 6.07 Å². The highest BCUT2D eigenvalue weighted by Gasteiger charge is 2.35. The van der Waals surface area contributed by atoms with Crippen molar-refractivity contribution < 1.29 is 28.2 Å². The van der Waals surface area contributed by atoms with Gasteiger partial charge < -0.3 is 28.3 Å². The molecule has 0 bridgehead atoms. The van der Waals surface area contributed by atoms with Gasteiger partial charge in [-0.3, -0.25) is 4.79 Å². The van der Waals surface area contributed by atoms with Crippen molar-refractivity contribution in [2.24, 2.45) is 0 Å². The van der Waals surface area contributed by atoms with E-state index in [1.54, 1.807) is 40.6 Å². The average molecular weight is 423 g/mol. The normalized spacial score (nSPS) is 15.2. The first-order valence-electron chi connectivity index (χ1n) is 9.92. The van der Waals surface area contributed by atoms with Gasteiger partial charge in [-0.05, 0) is 59.5 Å². The van der Waals surface area contributed by atoms with Crippen LogP contribution in [0.25, 0.3) is 0 Å². The van der Waals surface area contributed by atoms with Crippen molar-refractivity contribution >= 4 is 5.91 Å². The molecular formula is C24H25NO6. The van der Waals surface area contributed by atoms with Crippen LogP contribution in [0.15, 0.2) is 53.1 Å². The smallest absolute Gasteiger partial charge is 0.290 e. The number of nitrogens with zero attached hydrogens (tertiary/aromatic N) is 1. The van der Waals surface area contributed by atoms with Crippen LogP contribution in [0.3, 0.4) is 0 Å². The third-order valence-corrected chi connectivity index (χ3v) is 5.59. The lowest BCUT2D eigenvalue weighted by Gasteiger charge is -2.38. The van der Waals surface area contributed by atoms with Crippen molar-refractivity contribution in [3.63, 3.8) is 0 Å². The zero-order valence-corrected chi connectivity index (χ0v) is 18.0. The molecule has 7 nitrogen and oxygen atoms in total. The third kappa shape index (κ3) is 3.67. The van der Waals surface area contributed by atoms with Crippen LogP contribution in [-0.2, 0) is 6.42 Å². The van der Waals surface area contributed by atoms with Gasteiger partial charge in [0.1, 0.15) is 0 Å². The van der Waals surface area contributed by atoms with Gasteiger partial charge in [-0.25, -0.2) is 0 Å². The van der Waals surface area contributed by atoms with E-state index < -0.39 is 0 Å². The molecule has 0 saturated heterocycles. The van der Waals surface area contributed by atoms with E-state index in [-0.39, 0.29) is 11.9 Å². The molecule has 0 radical (unpaired) electrons. The highest BCUT2D eigenvalue weighted by Crippen LogP contribution is 2.43. The Morgan fingerprint density at radius 1 is 0.903 bits per heavy atom. The number of rotatable bonds is 6. The predicted molar refractivity (Wildman–Crippen MR) is 114 cm³/mol. The Labute approximate surface area is 181 Å². The fourth-order valence-corrected chi connectivity index (χ4v) is 4.09. The zero-order valence-electron chi connectivity index (χ0n) is 18.0. The standard InChI is InChI=1S/C24H25NO6/c1-27-18-8-7-16(13-20(18)28-2)23-17-14-22(30-4)21(29-3)12-15(17)9-10-25(23)24(26)19-6-5-11-31-19/h5-8,11-14,23H,9-10H2,1-4H3/t23-/m1/s1. The summed E-state index contributed by atoms with van der Waals surface area (Å²) in [5, 5.41) is 0. The molecule has 0 fully saturated rings. The number of fused-ring (bicyclic) bond motifs is 1. The fraction of sp³-hybridized carbons (Fsp3) is 0.292. The van der Waals surface area contributed by atoms with Gasteiger partial charge in [0.2, 0.25) is 0 Å². The van der Waals surface area contributed by atoms with Crippen molar-refractivity contribution in [2.45, 2.75) is 12.5 Å². The number of carbonyl (C=O) groups is 1. The van der Waals surface area contributed by atoms with Crippen LogP contribution in [0.5, 0.6) is 23.0 Å². The monoisotopic (exact) mass is 423 g/mol. The van der Waals surface area contributed by atoms with E-state index in [4.69, 9.17) is 23.4 Å². The fourth-order valence-electron chi connectivity index (χ4n) is 4.09. The second-order valence-corrected chi connectivity index (χ2v) is 7.15. The van der Waals surface area contributed by atoms with Crippen LogP contribution < -0.4 is 18.9 Å². The maximum absolute atomic E-state index is 13.3. The Morgan fingerprint density at radius 2 is 1.58 bits per heavy atom. The van der Waals surface area contributed by atoms with Crippen molar-refractivity contribution in [1.29, 1.82) is 0 Å². The molecule has 0 spiro atoms. The van der Waals surface area contributed by atoms with Gasteiger partial charge >= 0.3 is 0 Å². The van der Waals surface area contributed by atoms with Gasteiger partial charge in [0.05, 0.1) is 40.7 Å². The van der Waals surface area contributed by atoms with E-state index in [0.29, 0.717) is 41.7 Å². The number of furan rings is 1. The number of hydrogen-bond acceptors (Lipinski definition) is 6. The zero-order chi connectivity index (χ0) is 22.0. The molecule has 0 unspecified atom stereocenters. The van der Waals surface area contributed by atoms with Crippen molar-refractivity contribution in [1.82, 2.24) is 4.90 Å². The molecule has 1 aromatic heterocycles. The first kappa shape index (κ1) is 20.7. The maximum Gasteiger partial charge on any atom is 0.290 e. The minimum absolute atomic E-state index is 0.176. The summed E-state index contributed by atoms with van der Waals surface area (Å²) >= 11 is 0. The lowest BCUT2D eigenvalue weighted by molar-refractivity contribution is 0.0661. The summed E-state index contributed by atoms with van der Waals surface area (Å²) < 4.78 is 27.3. The van der Waals surface area contributed by atoms with Gasteiger partial charge in [0, 0.05) is 6.54 Å². The Morgan fingerprint density at radius 3 is 2.23 bits per heavy atom. The maximum atomic E-state index is 13.3. The van der Waals surface area contributed by atoms with Crippen LogP contribution in [0, 0.1) is 0 Å². The predicted octanol–water partition coefficient (Wildman–Crippen LogP) is 4.10. The topological polar surface area (TPSA) is 70.4 Å². The van der Waals surface area contributed by atoms with Crippen molar-refractivity contribution in [3.8, 4) is 23.0 Å². The molecule has 7 heteroatoms. The molecule has 0 saturated carbocycles. The van der Waals surface area contributed by atoms with E-state index in [9.17, 15) is 4.79 Å². The average Bonchev–Trinajstić information content (AvgIpc) is 3.36. The highest BCUT2D eigenvalue weighted by atomic mass is 16.5. The number of ether oxygens (including phenoxy) is 4. The lowest BCUT2D eigenvalue weighted by atomic mass is 9.87. The minimum Gasteiger partial charge on any atom is -0.493 e. The lowest BCUT2D eigenvalue weighted by Crippen LogP contribution is -2.40. The van der Waals surface area contributed by atoms with Gasteiger partial charge in [-0.2, -0.15) is 0 Å². The number of methoxy groups -OCH3 is 4. The molecule has 4 rings (SSSR count). The molecule has 0 aliphatic carbocycles. The second-order valence-electron chi connectivity index (χ2n) is 7.15. The molecule has 1 amide bonds.